The number of ether oxygens (including phenoxy) is 2. The summed E-state index contributed by atoms with van der Waals surface area (Å²) in [4.78, 5) is 4.75. The van der Waals surface area contributed by atoms with Crippen molar-refractivity contribution < 1.29 is 9.47 Å². The quantitative estimate of drug-likeness (QED) is 0.831. The molecule has 0 aliphatic carbocycles. The molecule has 1 aromatic rings. The molecule has 0 amide bonds. The van der Waals surface area contributed by atoms with Crippen molar-refractivity contribution in [3.05, 3.63) is 23.8 Å². The first kappa shape index (κ1) is 14.2. The third-order valence-electron chi connectivity index (χ3n) is 4.22. The van der Waals surface area contributed by atoms with Crippen LogP contribution in [-0.4, -0.2) is 57.7 Å². The Morgan fingerprint density at radius 2 is 1.84 bits per heavy atom. The van der Waals surface area contributed by atoms with Gasteiger partial charge in [0, 0.05) is 25.2 Å². The molecule has 4 heteroatoms. The number of benzene rings is 1. The van der Waals surface area contributed by atoms with Gasteiger partial charge >= 0.3 is 0 Å². The van der Waals surface area contributed by atoms with E-state index in [0.717, 1.165) is 31.1 Å². The van der Waals surface area contributed by atoms with Crippen molar-refractivity contribution in [2.75, 3.05) is 47.9 Å². The summed E-state index contributed by atoms with van der Waals surface area (Å²) < 4.78 is 10.9. The van der Waals surface area contributed by atoms with Crippen molar-refractivity contribution >= 4 is 0 Å². The van der Waals surface area contributed by atoms with Crippen LogP contribution in [-0.2, 0) is 5.54 Å². The van der Waals surface area contributed by atoms with Crippen LogP contribution in [0.2, 0.25) is 0 Å². The molecule has 0 radical (unpaired) electrons. The van der Waals surface area contributed by atoms with E-state index >= 15 is 0 Å². The van der Waals surface area contributed by atoms with Crippen molar-refractivity contribution in [3.8, 4) is 11.5 Å². The van der Waals surface area contributed by atoms with Crippen LogP contribution in [0.4, 0.5) is 0 Å². The minimum absolute atomic E-state index is 0.0626. The molecule has 4 nitrogen and oxygen atoms in total. The van der Waals surface area contributed by atoms with Crippen LogP contribution in [0.5, 0.6) is 11.5 Å². The van der Waals surface area contributed by atoms with Gasteiger partial charge in [0.2, 0.25) is 0 Å². The molecular formula is C15H24N2O2. The Labute approximate surface area is 115 Å². The van der Waals surface area contributed by atoms with Gasteiger partial charge in [-0.25, -0.2) is 0 Å². The second kappa shape index (κ2) is 5.39. The standard InChI is InChI=1S/C15H24N2O2/c1-15(11-16(2)8-9-17(15)3)13-10-12(18-4)6-7-14(13)19-5/h6-7,10H,8-9,11H2,1-5H3. The van der Waals surface area contributed by atoms with Gasteiger partial charge in [-0.3, -0.25) is 4.90 Å². The summed E-state index contributed by atoms with van der Waals surface area (Å²) in [6.45, 7) is 5.39. The van der Waals surface area contributed by atoms with E-state index in [1.54, 1.807) is 14.2 Å². The maximum absolute atomic E-state index is 5.55. The number of rotatable bonds is 3. The molecule has 1 fully saturated rings. The Morgan fingerprint density at radius 3 is 2.47 bits per heavy atom. The number of piperazine rings is 1. The van der Waals surface area contributed by atoms with Crippen LogP contribution < -0.4 is 9.47 Å². The topological polar surface area (TPSA) is 24.9 Å². The Morgan fingerprint density at radius 1 is 1.11 bits per heavy atom. The van der Waals surface area contributed by atoms with Crippen molar-refractivity contribution in [2.45, 2.75) is 12.5 Å². The van der Waals surface area contributed by atoms with E-state index in [4.69, 9.17) is 9.47 Å². The number of hydrogen-bond acceptors (Lipinski definition) is 4. The summed E-state index contributed by atoms with van der Waals surface area (Å²) in [6.07, 6.45) is 0. The Kier molecular flexibility index (Phi) is 4.02. The molecule has 0 N–H and O–H groups in total. The van der Waals surface area contributed by atoms with Crippen molar-refractivity contribution in [1.82, 2.24) is 9.80 Å². The minimum Gasteiger partial charge on any atom is -0.497 e. The molecule has 2 rings (SSSR count). The summed E-state index contributed by atoms with van der Waals surface area (Å²) in [5.74, 6) is 1.80. The fourth-order valence-corrected chi connectivity index (χ4v) is 2.82. The molecule has 1 saturated heterocycles. The monoisotopic (exact) mass is 264 g/mol. The number of hydrogen-bond donors (Lipinski definition) is 0. The number of nitrogens with zero attached hydrogens (tertiary/aromatic N) is 2. The number of methoxy groups -OCH3 is 2. The highest BCUT2D eigenvalue weighted by molar-refractivity contribution is 5.45. The molecule has 1 aliphatic rings. The van der Waals surface area contributed by atoms with E-state index in [-0.39, 0.29) is 5.54 Å². The zero-order valence-electron chi connectivity index (χ0n) is 12.6. The molecule has 19 heavy (non-hydrogen) atoms. The zero-order chi connectivity index (χ0) is 14.0. The van der Waals surface area contributed by atoms with Gasteiger partial charge in [0.05, 0.1) is 19.8 Å². The minimum atomic E-state index is -0.0626. The largest absolute Gasteiger partial charge is 0.497 e. The third kappa shape index (κ3) is 2.55. The lowest BCUT2D eigenvalue weighted by Gasteiger charge is -2.47. The van der Waals surface area contributed by atoms with Gasteiger partial charge in [0.25, 0.3) is 0 Å². The van der Waals surface area contributed by atoms with Crippen LogP contribution in [0.25, 0.3) is 0 Å². The van der Waals surface area contributed by atoms with Crippen molar-refractivity contribution in [3.63, 3.8) is 0 Å². The van der Waals surface area contributed by atoms with E-state index in [9.17, 15) is 0 Å². The first-order chi connectivity index (χ1) is 9.01. The molecule has 1 atom stereocenters. The van der Waals surface area contributed by atoms with Gasteiger partial charge in [-0.15, -0.1) is 0 Å². The molecule has 0 bridgehead atoms. The first-order valence-corrected chi connectivity index (χ1v) is 6.63. The molecule has 0 saturated carbocycles. The van der Waals surface area contributed by atoms with Crippen molar-refractivity contribution in [1.29, 1.82) is 0 Å². The zero-order valence-corrected chi connectivity index (χ0v) is 12.6. The summed E-state index contributed by atoms with van der Waals surface area (Å²) in [5.41, 5.74) is 1.12. The smallest absolute Gasteiger partial charge is 0.124 e. The predicted octanol–water partition coefficient (Wildman–Crippen LogP) is 1.80. The average molecular weight is 264 g/mol. The summed E-state index contributed by atoms with van der Waals surface area (Å²) in [5, 5.41) is 0. The summed E-state index contributed by atoms with van der Waals surface area (Å²) in [7, 11) is 7.76. The Balaban J connectivity index is 2.47. The SMILES string of the molecule is COc1ccc(OC)c(C2(C)CN(C)CCN2C)c1. The maximum Gasteiger partial charge on any atom is 0.124 e. The van der Waals surface area contributed by atoms with Crippen LogP contribution in [0.15, 0.2) is 18.2 Å². The predicted molar refractivity (Wildman–Crippen MR) is 77.0 cm³/mol. The molecular weight excluding hydrogens is 240 g/mol. The molecule has 1 heterocycles. The second-order valence-electron chi connectivity index (χ2n) is 5.50. The van der Waals surface area contributed by atoms with Gasteiger partial charge in [-0.05, 0) is 39.2 Å². The highest BCUT2D eigenvalue weighted by Gasteiger charge is 2.38. The Hall–Kier alpha value is -1.26. The number of likely N-dealkylation sites (N-methyl/N-ethyl adjacent to an activating group) is 2. The highest BCUT2D eigenvalue weighted by atomic mass is 16.5. The van der Waals surface area contributed by atoms with Gasteiger partial charge < -0.3 is 14.4 Å². The van der Waals surface area contributed by atoms with Gasteiger partial charge in [0.1, 0.15) is 11.5 Å². The summed E-state index contributed by atoms with van der Waals surface area (Å²) in [6, 6.07) is 6.02. The lowest BCUT2D eigenvalue weighted by molar-refractivity contribution is 0.0361. The second-order valence-corrected chi connectivity index (χ2v) is 5.50. The third-order valence-corrected chi connectivity index (χ3v) is 4.22. The Bertz CT molecular complexity index is 450. The van der Waals surface area contributed by atoms with Crippen LogP contribution >= 0.6 is 0 Å². The first-order valence-electron chi connectivity index (χ1n) is 6.63. The van der Waals surface area contributed by atoms with E-state index in [1.165, 1.54) is 5.56 Å². The maximum atomic E-state index is 5.55. The van der Waals surface area contributed by atoms with Crippen molar-refractivity contribution in [2.24, 2.45) is 0 Å². The van der Waals surface area contributed by atoms with Crippen LogP contribution in [0.3, 0.4) is 0 Å². The lowest BCUT2D eigenvalue weighted by Crippen LogP contribution is -2.56. The normalized spacial score (nSPS) is 25.3. The van der Waals surface area contributed by atoms with Gasteiger partial charge in [-0.2, -0.15) is 0 Å². The molecule has 106 valence electrons. The summed E-state index contributed by atoms with van der Waals surface area (Å²) >= 11 is 0. The molecule has 0 spiro atoms. The van der Waals surface area contributed by atoms with Gasteiger partial charge in [0.15, 0.2) is 0 Å². The van der Waals surface area contributed by atoms with E-state index in [0.29, 0.717) is 0 Å². The van der Waals surface area contributed by atoms with E-state index in [1.807, 2.05) is 12.1 Å². The highest BCUT2D eigenvalue weighted by Crippen LogP contribution is 2.38. The molecule has 1 aliphatic heterocycles. The van der Waals surface area contributed by atoms with Crippen LogP contribution in [0, 0.1) is 0 Å². The molecule has 0 aromatic heterocycles. The fraction of sp³-hybridized carbons (Fsp3) is 0.600. The molecule has 1 unspecified atom stereocenters. The van der Waals surface area contributed by atoms with Gasteiger partial charge in [-0.1, -0.05) is 0 Å². The van der Waals surface area contributed by atoms with E-state index < -0.39 is 0 Å². The van der Waals surface area contributed by atoms with Crippen LogP contribution in [0.1, 0.15) is 12.5 Å². The fourth-order valence-electron chi connectivity index (χ4n) is 2.82. The van der Waals surface area contributed by atoms with E-state index in [2.05, 4.69) is 36.9 Å². The molecule has 1 aromatic carbocycles. The average Bonchev–Trinajstić information content (AvgIpc) is 2.42. The lowest BCUT2D eigenvalue weighted by atomic mass is 9.87.